The molecule has 1 aromatic heterocycles. The molecule has 0 radical (unpaired) electrons. The van der Waals surface area contributed by atoms with Crippen LogP contribution < -0.4 is 9.47 Å². The molecule has 1 saturated heterocycles. The molecule has 24 heavy (non-hydrogen) atoms. The Morgan fingerprint density at radius 3 is 2.67 bits per heavy atom. The van der Waals surface area contributed by atoms with E-state index in [9.17, 15) is 0 Å². The minimum atomic E-state index is 0.506. The highest BCUT2D eigenvalue weighted by molar-refractivity contribution is 5.31. The fourth-order valence-electron chi connectivity index (χ4n) is 4.28. The molecule has 1 aliphatic heterocycles. The van der Waals surface area contributed by atoms with Gasteiger partial charge >= 0.3 is 0 Å². The molecule has 128 valence electrons. The van der Waals surface area contributed by atoms with Crippen LogP contribution in [-0.4, -0.2) is 40.5 Å². The highest BCUT2D eigenvalue weighted by Gasteiger charge is 2.45. The van der Waals surface area contributed by atoms with Gasteiger partial charge in [0.05, 0.1) is 13.3 Å². The quantitative estimate of drug-likeness (QED) is 0.818. The zero-order chi connectivity index (χ0) is 16.5. The van der Waals surface area contributed by atoms with Crippen molar-refractivity contribution in [2.75, 3.05) is 13.7 Å². The molecule has 5 nitrogen and oxygen atoms in total. The van der Waals surface area contributed by atoms with E-state index in [0.29, 0.717) is 12.1 Å². The number of methoxy groups -OCH3 is 1. The molecule has 0 amide bonds. The summed E-state index contributed by atoms with van der Waals surface area (Å²) in [4.78, 5) is 2.63. The maximum atomic E-state index is 6.10. The summed E-state index contributed by atoms with van der Waals surface area (Å²) >= 11 is 0. The van der Waals surface area contributed by atoms with E-state index in [2.05, 4.69) is 16.2 Å². The van der Waals surface area contributed by atoms with Crippen LogP contribution in [0.4, 0.5) is 0 Å². The molecule has 5 heteroatoms. The van der Waals surface area contributed by atoms with E-state index in [0.717, 1.165) is 30.6 Å². The molecule has 4 rings (SSSR count). The fourth-order valence-corrected chi connectivity index (χ4v) is 4.28. The third-order valence-electron chi connectivity index (χ3n) is 5.49. The minimum absolute atomic E-state index is 0.506. The second-order valence-electron chi connectivity index (χ2n) is 6.98. The van der Waals surface area contributed by atoms with Crippen LogP contribution in [0.15, 0.2) is 36.7 Å². The van der Waals surface area contributed by atoms with Gasteiger partial charge in [-0.1, -0.05) is 0 Å². The van der Waals surface area contributed by atoms with Gasteiger partial charge in [-0.25, -0.2) is 0 Å². The highest BCUT2D eigenvalue weighted by Crippen LogP contribution is 2.43. The predicted octanol–water partition coefficient (Wildman–Crippen LogP) is 2.86. The molecule has 1 aliphatic carbocycles. The highest BCUT2D eigenvalue weighted by atomic mass is 16.5. The van der Waals surface area contributed by atoms with Crippen molar-refractivity contribution >= 4 is 0 Å². The Kier molecular flexibility index (Phi) is 4.19. The molecule has 0 N–H and O–H groups in total. The van der Waals surface area contributed by atoms with Crippen LogP contribution in [0.2, 0.25) is 0 Å². The maximum Gasteiger partial charge on any atom is 0.119 e. The summed E-state index contributed by atoms with van der Waals surface area (Å²) in [5.74, 6) is 2.55. The van der Waals surface area contributed by atoms with Crippen LogP contribution in [-0.2, 0) is 13.6 Å². The third-order valence-corrected chi connectivity index (χ3v) is 5.49. The molecule has 2 fully saturated rings. The minimum Gasteiger partial charge on any atom is -0.497 e. The number of likely N-dealkylation sites (tertiary alicyclic amines) is 1. The molecule has 0 unspecified atom stereocenters. The van der Waals surface area contributed by atoms with E-state index in [1.807, 2.05) is 42.2 Å². The average molecular weight is 327 g/mol. The van der Waals surface area contributed by atoms with Gasteiger partial charge in [0.1, 0.15) is 18.1 Å². The Bertz CT molecular complexity index is 682. The van der Waals surface area contributed by atoms with Gasteiger partial charge < -0.3 is 9.47 Å². The molecule has 1 saturated carbocycles. The molecule has 2 bridgehead atoms. The first-order valence-electron chi connectivity index (χ1n) is 8.73. The van der Waals surface area contributed by atoms with E-state index < -0.39 is 0 Å². The van der Waals surface area contributed by atoms with Crippen LogP contribution in [0.25, 0.3) is 0 Å². The largest absolute Gasteiger partial charge is 0.497 e. The van der Waals surface area contributed by atoms with Gasteiger partial charge in [-0.3, -0.25) is 9.58 Å². The summed E-state index contributed by atoms with van der Waals surface area (Å²) in [5.41, 5.74) is 1.29. The molecule has 2 aromatic rings. The number of aryl methyl sites for hydroxylation is 1. The predicted molar refractivity (Wildman–Crippen MR) is 92.2 cm³/mol. The second kappa shape index (κ2) is 6.48. The summed E-state index contributed by atoms with van der Waals surface area (Å²) < 4.78 is 13.2. The molecule has 2 aliphatic rings. The van der Waals surface area contributed by atoms with Crippen LogP contribution in [0, 0.1) is 5.92 Å². The Balaban J connectivity index is 1.41. The third kappa shape index (κ3) is 3.00. The molecule has 1 aromatic carbocycles. The SMILES string of the molecule is COc1ccc(OC[C@H]2[C@H]3CC[C@@H](C3)N2Cc2cnn(C)c2)cc1. The van der Waals surface area contributed by atoms with E-state index in [-0.39, 0.29) is 0 Å². The molecule has 0 spiro atoms. The number of nitrogens with zero attached hydrogens (tertiary/aromatic N) is 3. The lowest BCUT2D eigenvalue weighted by Crippen LogP contribution is -2.43. The first-order chi connectivity index (χ1) is 11.7. The molecular weight excluding hydrogens is 302 g/mol. The Labute approximate surface area is 143 Å². The van der Waals surface area contributed by atoms with Crippen molar-refractivity contribution in [3.05, 3.63) is 42.2 Å². The maximum absolute atomic E-state index is 6.10. The lowest BCUT2D eigenvalue weighted by molar-refractivity contribution is 0.0867. The Morgan fingerprint density at radius 1 is 1.17 bits per heavy atom. The summed E-state index contributed by atoms with van der Waals surface area (Å²) in [7, 11) is 3.66. The molecular formula is C19H25N3O2. The lowest BCUT2D eigenvalue weighted by Gasteiger charge is -2.34. The number of fused-ring (bicyclic) bond motifs is 2. The summed E-state index contributed by atoms with van der Waals surface area (Å²) in [6, 6.07) is 9.08. The van der Waals surface area contributed by atoms with E-state index in [1.54, 1.807) is 7.11 Å². The number of benzene rings is 1. The number of aromatic nitrogens is 2. The number of hydrogen-bond acceptors (Lipinski definition) is 4. The summed E-state index contributed by atoms with van der Waals surface area (Å²) in [5, 5.41) is 4.30. The monoisotopic (exact) mass is 327 g/mol. The normalized spacial score (nSPS) is 26.0. The molecule has 3 atom stereocenters. The van der Waals surface area contributed by atoms with E-state index in [1.165, 1.54) is 24.8 Å². The number of ether oxygens (including phenoxy) is 2. The van der Waals surface area contributed by atoms with Crippen molar-refractivity contribution in [3.63, 3.8) is 0 Å². The number of rotatable bonds is 6. The lowest BCUT2D eigenvalue weighted by atomic mass is 9.99. The van der Waals surface area contributed by atoms with Crippen molar-refractivity contribution < 1.29 is 9.47 Å². The van der Waals surface area contributed by atoms with Gasteiger partial charge in [-0.05, 0) is 49.4 Å². The number of piperidine rings is 1. The van der Waals surface area contributed by atoms with Crippen molar-refractivity contribution in [2.24, 2.45) is 13.0 Å². The fraction of sp³-hybridized carbons (Fsp3) is 0.526. The van der Waals surface area contributed by atoms with Gasteiger partial charge in [-0.15, -0.1) is 0 Å². The van der Waals surface area contributed by atoms with Crippen molar-refractivity contribution in [2.45, 2.75) is 37.9 Å². The zero-order valence-corrected chi connectivity index (χ0v) is 14.4. The van der Waals surface area contributed by atoms with Gasteiger partial charge in [-0.2, -0.15) is 5.10 Å². The Morgan fingerprint density at radius 2 is 1.96 bits per heavy atom. The Hall–Kier alpha value is -2.01. The van der Waals surface area contributed by atoms with Crippen molar-refractivity contribution in [1.29, 1.82) is 0 Å². The standard InChI is InChI=1S/C19H25N3O2/c1-21-11-14(10-20-21)12-22-16-4-3-15(9-16)19(22)13-24-18-7-5-17(23-2)6-8-18/h5-8,10-11,15-16,19H,3-4,9,12-13H2,1-2H3/t15-,16-,19-/m0/s1. The van der Waals surface area contributed by atoms with Crippen LogP contribution in [0.1, 0.15) is 24.8 Å². The van der Waals surface area contributed by atoms with Gasteiger partial charge in [0.25, 0.3) is 0 Å². The summed E-state index contributed by atoms with van der Waals surface area (Å²) in [6.07, 6.45) is 8.08. The average Bonchev–Trinajstić information content (AvgIpc) is 3.31. The number of hydrogen-bond donors (Lipinski definition) is 0. The van der Waals surface area contributed by atoms with E-state index >= 15 is 0 Å². The van der Waals surface area contributed by atoms with Crippen LogP contribution in [0.5, 0.6) is 11.5 Å². The van der Waals surface area contributed by atoms with Crippen LogP contribution in [0.3, 0.4) is 0 Å². The van der Waals surface area contributed by atoms with Crippen molar-refractivity contribution in [3.8, 4) is 11.5 Å². The topological polar surface area (TPSA) is 39.5 Å². The van der Waals surface area contributed by atoms with Crippen molar-refractivity contribution in [1.82, 2.24) is 14.7 Å². The van der Waals surface area contributed by atoms with Crippen LogP contribution >= 0.6 is 0 Å². The molecule has 2 heterocycles. The first kappa shape index (κ1) is 15.5. The second-order valence-corrected chi connectivity index (χ2v) is 6.98. The summed E-state index contributed by atoms with van der Waals surface area (Å²) in [6.45, 7) is 1.74. The van der Waals surface area contributed by atoms with Gasteiger partial charge in [0.2, 0.25) is 0 Å². The van der Waals surface area contributed by atoms with Gasteiger partial charge in [0, 0.05) is 37.4 Å². The van der Waals surface area contributed by atoms with E-state index in [4.69, 9.17) is 9.47 Å². The first-order valence-corrected chi connectivity index (χ1v) is 8.73. The zero-order valence-electron chi connectivity index (χ0n) is 14.4. The van der Waals surface area contributed by atoms with Gasteiger partial charge in [0.15, 0.2) is 0 Å². The smallest absolute Gasteiger partial charge is 0.119 e.